The fourth-order valence-corrected chi connectivity index (χ4v) is 2.41. The van der Waals surface area contributed by atoms with Crippen LogP contribution in [-0.2, 0) is 0 Å². The number of hydrogen-bond acceptors (Lipinski definition) is 2. The number of hydrogen-bond donors (Lipinski definition) is 1. The summed E-state index contributed by atoms with van der Waals surface area (Å²) in [6.45, 7) is 0. The second kappa shape index (κ2) is 4.76. The van der Waals surface area contributed by atoms with Crippen molar-refractivity contribution in [1.82, 2.24) is 0 Å². The zero-order chi connectivity index (χ0) is 13.4. The Kier molecular flexibility index (Phi) is 3.09. The van der Waals surface area contributed by atoms with Crippen LogP contribution < -0.4 is 5.43 Å². The summed E-state index contributed by atoms with van der Waals surface area (Å²) in [5, 5.41) is 10.3. The third kappa shape index (κ3) is 2.27. The van der Waals surface area contributed by atoms with Gasteiger partial charge in [0.2, 0.25) is 0 Å². The van der Waals surface area contributed by atoms with E-state index in [4.69, 9.17) is 0 Å². The van der Waals surface area contributed by atoms with Crippen LogP contribution in [0.15, 0.2) is 63.9 Å². The number of benzene rings is 2. The highest BCUT2D eigenvalue weighted by Crippen LogP contribution is 2.33. The van der Waals surface area contributed by atoms with Gasteiger partial charge < -0.3 is 5.11 Å². The first-order valence-electron chi connectivity index (χ1n) is 5.96. The van der Waals surface area contributed by atoms with Crippen molar-refractivity contribution in [2.75, 3.05) is 0 Å². The summed E-state index contributed by atoms with van der Waals surface area (Å²) < 4.78 is 0.947. The minimum atomic E-state index is -0.837. The second-order valence-electron chi connectivity index (χ2n) is 4.44. The fourth-order valence-electron chi connectivity index (χ4n) is 2.15. The normalized spacial score (nSPS) is 12.7. The highest BCUT2D eigenvalue weighted by molar-refractivity contribution is 9.10. The number of aliphatic hydroxyl groups excluding tert-OH is 1. The Balaban J connectivity index is 1.93. The Morgan fingerprint density at radius 1 is 0.947 bits per heavy atom. The van der Waals surface area contributed by atoms with Gasteiger partial charge in [-0.1, -0.05) is 58.4 Å². The highest BCUT2D eigenvalue weighted by atomic mass is 79.9. The molecule has 94 valence electrons. The van der Waals surface area contributed by atoms with E-state index in [1.165, 1.54) is 0 Å². The zero-order valence-electron chi connectivity index (χ0n) is 10.0. The third-order valence-electron chi connectivity index (χ3n) is 3.20. The summed E-state index contributed by atoms with van der Waals surface area (Å²) in [5.41, 5.74) is 2.72. The molecule has 3 aromatic rings. The maximum Gasteiger partial charge on any atom is 0.193 e. The number of aliphatic hydroxyl groups is 1. The average Bonchev–Trinajstić information content (AvgIpc) is 3.11. The zero-order valence-corrected chi connectivity index (χ0v) is 11.6. The molecule has 0 saturated heterocycles. The van der Waals surface area contributed by atoms with Crippen LogP contribution in [0.4, 0.5) is 0 Å². The van der Waals surface area contributed by atoms with E-state index in [9.17, 15) is 9.90 Å². The van der Waals surface area contributed by atoms with Gasteiger partial charge in [0, 0.05) is 15.6 Å². The second-order valence-corrected chi connectivity index (χ2v) is 5.35. The highest BCUT2D eigenvalue weighted by Gasteiger charge is 2.30. The van der Waals surface area contributed by atoms with Crippen molar-refractivity contribution >= 4 is 15.9 Å². The molecule has 19 heavy (non-hydrogen) atoms. The standard InChI is InChI=1S/C16H11BrO2/c17-12-8-6-11(7-9-12)15(18)14-13(16(14)19)10-4-2-1-3-5-10/h1-9,15,18H. The Morgan fingerprint density at radius 3 is 2.21 bits per heavy atom. The first-order chi connectivity index (χ1) is 9.18. The van der Waals surface area contributed by atoms with E-state index in [0.29, 0.717) is 11.1 Å². The lowest BCUT2D eigenvalue weighted by Gasteiger charge is -2.06. The van der Waals surface area contributed by atoms with E-state index in [1.807, 2.05) is 54.6 Å². The summed E-state index contributed by atoms with van der Waals surface area (Å²) in [4.78, 5) is 11.9. The minimum absolute atomic E-state index is 0.0402. The van der Waals surface area contributed by atoms with Gasteiger partial charge in [-0.05, 0) is 23.3 Å². The molecule has 1 unspecified atom stereocenters. The van der Waals surface area contributed by atoms with Gasteiger partial charge >= 0.3 is 0 Å². The Labute approximate surface area is 119 Å². The van der Waals surface area contributed by atoms with Crippen LogP contribution in [0, 0.1) is 0 Å². The van der Waals surface area contributed by atoms with Crippen molar-refractivity contribution in [3.63, 3.8) is 0 Å². The third-order valence-corrected chi connectivity index (χ3v) is 3.73. The van der Waals surface area contributed by atoms with Gasteiger partial charge in [0.1, 0.15) is 6.10 Å². The molecule has 0 amide bonds. The quantitative estimate of drug-likeness (QED) is 0.804. The van der Waals surface area contributed by atoms with Gasteiger partial charge in [0.05, 0.1) is 0 Å². The summed E-state index contributed by atoms with van der Waals surface area (Å²) in [7, 11) is 0. The van der Waals surface area contributed by atoms with Crippen LogP contribution in [-0.4, -0.2) is 5.11 Å². The van der Waals surface area contributed by atoms with E-state index in [-0.39, 0.29) is 5.43 Å². The molecule has 2 nitrogen and oxygen atoms in total. The van der Waals surface area contributed by atoms with Crippen LogP contribution >= 0.6 is 15.9 Å². The van der Waals surface area contributed by atoms with Crippen molar-refractivity contribution in [2.45, 2.75) is 6.10 Å². The van der Waals surface area contributed by atoms with E-state index >= 15 is 0 Å². The van der Waals surface area contributed by atoms with Gasteiger partial charge in [-0.15, -0.1) is 0 Å². The van der Waals surface area contributed by atoms with Crippen molar-refractivity contribution in [2.24, 2.45) is 0 Å². The van der Waals surface area contributed by atoms with E-state index in [2.05, 4.69) is 15.9 Å². The topological polar surface area (TPSA) is 37.3 Å². The van der Waals surface area contributed by atoms with Gasteiger partial charge in [-0.2, -0.15) is 0 Å². The molecule has 0 heterocycles. The van der Waals surface area contributed by atoms with Crippen LogP contribution in [0.5, 0.6) is 0 Å². The van der Waals surface area contributed by atoms with Crippen LogP contribution in [0.25, 0.3) is 11.1 Å². The van der Waals surface area contributed by atoms with Crippen molar-refractivity contribution in [3.8, 4) is 11.1 Å². The molecular weight excluding hydrogens is 304 g/mol. The van der Waals surface area contributed by atoms with E-state index < -0.39 is 6.10 Å². The number of halogens is 1. The molecule has 3 rings (SSSR count). The minimum Gasteiger partial charge on any atom is -0.383 e. The molecule has 0 spiro atoms. The largest absolute Gasteiger partial charge is 0.383 e. The monoisotopic (exact) mass is 314 g/mol. The molecule has 0 radical (unpaired) electrons. The molecule has 3 aromatic carbocycles. The van der Waals surface area contributed by atoms with E-state index in [0.717, 1.165) is 15.6 Å². The maximum atomic E-state index is 11.9. The smallest absolute Gasteiger partial charge is 0.193 e. The SMILES string of the molecule is O=c1c(-c2ccccc2)c1C(O)c1ccc(Br)cc1. The van der Waals surface area contributed by atoms with Gasteiger partial charge in [0.25, 0.3) is 0 Å². The molecule has 0 aliphatic rings. The van der Waals surface area contributed by atoms with Gasteiger partial charge in [-0.25, -0.2) is 0 Å². The van der Waals surface area contributed by atoms with E-state index in [1.54, 1.807) is 0 Å². The summed E-state index contributed by atoms with van der Waals surface area (Å²) in [5.74, 6) is 0. The van der Waals surface area contributed by atoms with Crippen molar-refractivity contribution < 1.29 is 5.11 Å². The predicted molar refractivity (Wildman–Crippen MR) is 78.7 cm³/mol. The summed E-state index contributed by atoms with van der Waals surface area (Å²) >= 11 is 3.35. The predicted octanol–water partition coefficient (Wildman–Crippen LogP) is 3.43. The lowest BCUT2D eigenvalue weighted by Crippen LogP contribution is -1.97. The lowest BCUT2D eigenvalue weighted by molar-refractivity contribution is 0.223. The first kappa shape index (κ1) is 12.3. The molecule has 0 aromatic heterocycles. The average molecular weight is 315 g/mol. The molecular formula is C16H11BrO2. The number of rotatable bonds is 3. The molecule has 1 atom stereocenters. The molecule has 3 heteroatoms. The molecule has 0 aliphatic heterocycles. The molecule has 0 aliphatic carbocycles. The van der Waals surface area contributed by atoms with Crippen molar-refractivity contribution in [1.29, 1.82) is 0 Å². The molecule has 1 N–H and O–H groups in total. The summed E-state index contributed by atoms with van der Waals surface area (Å²) in [6.07, 6.45) is -0.837. The molecule has 0 fully saturated rings. The molecule has 0 saturated carbocycles. The summed E-state index contributed by atoms with van der Waals surface area (Å²) in [6, 6.07) is 16.8. The lowest BCUT2D eigenvalue weighted by atomic mass is 10.1. The van der Waals surface area contributed by atoms with Crippen LogP contribution in [0.1, 0.15) is 17.2 Å². The van der Waals surface area contributed by atoms with Crippen LogP contribution in [0.3, 0.4) is 0 Å². The molecule has 0 bridgehead atoms. The maximum absolute atomic E-state index is 11.9. The Hall–Kier alpha value is -1.71. The first-order valence-corrected chi connectivity index (χ1v) is 6.75. The Morgan fingerprint density at radius 2 is 1.58 bits per heavy atom. The fraction of sp³-hybridized carbons (Fsp3) is 0.0625. The Bertz CT molecular complexity index is 707. The van der Waals surface area contributed by atoms with Crippen LogP contribution in [0.2, 0.25) is 0 Å². The van der Waals surface area contributed by atoms with Gasteiger partial charge in [0.15, 0.2) is 5.43 Å². The van der Waals surface area contributed by atoms with Crippen molar-refractivity contribution in [3.05, 3.63) is 80.4 Å². The van der Waals surface area contributed by atoms with Gasteiger partial charge in [-0.3, -0.25) is 4.79 Å².